The largest absolute Gasteiger partial charge is 0.508 e. The van der Waals surface area contributed by atoms with E-state index in [1.165, 1.54) is 16.7 Å². The fourth-order valence-electron chi connectivity index (χ4n) is 2.31. The van der Waals surface area contributed by atoms with E-state index in [0.717, 1.165) is 16.9 Å². The first-order valence-electron chi connectivity index (χ1n) is 6.45. The van der Waals surface area contributed by atoms with Crippen LogP contribution in [-0.4, -0.2) is 25.5 Å². The van der Waals surface area contributed by atoms with Crippen LogP contribution >= 0.6 is 0 Å². The Balaban J connectivity index is 2.18. The van der Waals surface area contributed by atoms with E-state index in [2.05, 4.69) is 34.6 Å². The quantitative estimate of drug-likeness (QED) is 0.787. The topological polar surface area (TPSA) is 44.8 Å². The summed E-state index contributed by atoms with van der Waals surface area (Å²) in [6.45, 7) is 11.0. The molecule has 1 unspecified atom stereocenters. The fourth-order valence-corrected chi connectivity index (χ4v) is 2.31. The summed E-state index contributed by atoms with van der Waals surface area (Å²) in [5.41, 5.74) is 6.09. The van der Waals surface area contributed by atoms with Crippen LogP contribution in [0.4, 0.5) is 4.79 Å². The summed E-state index contributed by atoms with van der Waals surface area (Å²) in [7, 11) is 0. The van der Waals surface area contributed by atoms with Crippen LogP contribution in [0.5, 0.6) is 5.75 Å². The predicted octanol–water partition coefficient (Wildman–Crippen LogP) is 3.14. The molecule has 0 spiro atoms. The second-order valence-corrected chi connectivity index (χ2v) is 5.07. The van der Waals surface area contributed by atoms with Crippen LogP contribution < -0.4 is 4.74 Å². The molecule has 0 saturated carbocycles. The first kappa shape index (κ1) is 13.7. The van der Waals surface area contributed by atoms with Crippen molar-refractivity contribution in [1.82, 2.24) is 0 Å². The van der Waals surface area contributed by atoms with Gasteiger partial charge in [-0.25, -0.2) is 4.79 Å². The van der Waals surface area contributed by atoms with Crippen molar-refractivity contribution in [3.8, 4) is 5.75 Å². The zero-order valence-corrected chi connectivity index (χ0v) is 12.1. The van der Waals surface area contributed by atoms with Crippen molar-refractivity contribution in [1.29, 1.82) is 0 Å². The lowest BCUT2D eigenvalue weighted by Gasteiger charge is -2.19. The van der Waals surface area contributed by atoms with Crippen molar-refractivity contribution in [2.75, 3.05) is 13.2 Å². The van der Waals surface area contributed by atoms with Gasteiger partial charge >= 0.3 is 6.16 Å². The lowest BCUT2D eigenvalue weighted by Crippen LogP contribution is -2.21. The van der Waals surface area contributed by atoms with Crippen molar-refractivity contribution in [2.45, 2.75) is 40.7 Å². The maximum atomic E-state index is 10.9. The van der Waals surface area contributed by atoms with E-state index >= 15 is 0 Å². The highest BCUT2D eigenvalue weighted by atomic mass is 16.8. The number of carbonyl (C=O) groups excluding carboxylic acids is 1. The first-order valence-corrected chi connectivity index (χ1v) is 6.45. The Labute approximate surface area is 113 Å². The third kappa shape index (κ3) is 2.53. The monoisotopic (exact) mass is 264 g/mol. The fraction of sp³-hybridized carbons (Fsp3) is 0.533. The van der Waals surface area contributed by atoms with E-state index in [-0.39, 0.29) is 12.7 Å². The Morgan fingerprint density at radius 2 is 1.53 bits per heavy atom. The molecule has 1 saturated heterocycles. The smallest absolute Gasteiger partial charge is 0.489 e. The summed E-state index contributed by atoms with van der Waals surface area (Å²) in [5, 5.41) is 0. The Morgan fingerprint density at radius 1 is 1.00 bits per heavy atom. The molecule has 0 amide bonds. The Morgan fingerprint density at radius 3 is 2.00 bits per heavy atom. The second kappa shape index (κ2) is 5.11. The van der Waals surface area contributed by atoms with Gasteiger partial charge in [0.25, 0.3) is 0 Å². The van der Waals surface area contributed by atoms with Gasteiger partial charge in [0.05, 0.1) is 0 Å². The number of ether oxygens (including phenoxy) is 3. The number of rotatable bonds is 3. The number of hydrogen-bond acceptors (Lipinski definition) is 4. The zero-order valence-electron chi connectivity index (χ0n) is 12.1. The average Bonchev–Trinajstić information content (AvgIpc) is 2.80. The van der Waals surface area contributed by atoms with Crippen molar-refractivity contribution in [3.63, 3.8) is 0 Å². The molecule has 1 aliphatic rings. The second-order valence-electron chi connectivity index (χ2n) is 5.07. The highest BCUT2D eigenvalue weighted by Gasteiger charge is 2.26. The normalized spacial score (nSPS) is 18.2. The molecular weight excluding hydrogens is 244 g/mol. The standard InChI is InChI=1S/C15H20O4/c1-8-9(2)11(4)14(12(5)10(8)3)17-6-13-7-18-15(16)19-13/h13H,6-7H2,1-5H3. The number of hydrogen-bond donors (Lipinski definition) is 0. The minimum absolute atomic E-state index is 0.265. The lowest BCUT2D eigenvalue weighted by molar-refractivity contribution is 0.0979. The highest BCUT2D eigenvalue weighted by Crippen LogP contribution is 2.32. The first-order chi connectivity index (χ1) is 8.91. The molecule has 0 aliphatic carbocycles. The van der Waals surface area contributed by atoms with E-state index in [1.807, 2.05) is 0 Å². The molecular formula is C15H20O4. The van der Waals surface area contributed by atoms with Crippen LogP contribution in [0.2, 0.25) is 0 Å². The van der Waals surface area contributed by atoms with E-state index in [0.29, 0.717) is 6.61 Å². The Hall–Kier alpha value is -1.71. The van der Waals surface area contributed by atoms with Crippen LogP contribution in [0, 0.1) is 34.6 Å². The summed E-state index contributed by atoms with van der Waals surface area (Å²) < 4.78 is 15.6. The average molecular weight is 264 g/mol. The van der Waals surface area contributed by atoms with Crippen LogP contribution in [0.1, 0.15) is 27.8 Å². The Kier molecular flexibility index (Phi) is 3.69. The molecule has 1 atom stereocenters. The molecule has 19 heavy (non-hydrogen) atoms. The Bertz CT molecular complexity index is 490. The van der Waals surface area contributed by atoms with Gasteiger partial charge in [-0.15, -0.1) is 0 Å². The zero-order chi connectivity index (χ0) is 14.2. The molecule has 104 valence electrons. The van der Waals surface area contributed by atoms with Gasteiger partial charge in [-0.1, -0.05) is 0 Å². The van der Waals surface area contributed by atoms with Gasteiger partial charge in [0.1, 0.15) is 19.0 Å². The van der Waals surface area contributed by atoms with Crippen molar-refractivity contribution in [2.24, 2.45) is 0 Å². The minimum atomic E-state index is -0.613. The molecule has 4 nitrogen and oxygen atoms in total. The molecule has 2 rings (SSSR count). The van der Waals surface area contributed by atoms with Gasteiger partial charge in [0, 0.05) is 0 Å². The molecule has 1 heterocycles. The number of cyclic esters (lactones) is 2. The molecule has 0 N–H and O–H groups in total. The van der Waals surface area contributed by atoms with Crippen molar-refractivity contribution >= 4 is 6.16 Å². The maximum absolute atomic E-state index is 10.9. The molecule has 1 fully saturated rings. The molecule has 4 heteroatoms. The molecule has 0 bridgehead atoms. The highest BCUT2D eigenvalue weighted by molar-refractivity contribution is 5.61. The SMILES string of the molecule is Cc1c(C)c(C)c(OCC2COC(=O)O2)c(C)c1C. The molecule has 0 radical (unpaired) electrons. The van der Waals surface area contributed by atoms with Gasteiger partial charge in [0.2, 0.25) is 0 Å². The van der Waals surface area contributed by atoms with Gasteiger partial charge in [-0.2, -0.15) is 0 Å². The molecule has 1 aliphatic heterocycles. The van der Waals surface area contributed by atoms with E-state index in [4.69, 9.17) is 14.2 Å². The van der Waals surface area contributed by atoms with Gasteiger partial charge in [-0.3, -0.25) is 0 Å². The predicted molar refractivity (Wildman–Crippen MR) is 71.8 cm³/mol. The van der Waals surface area contributed by atoms with Crippen LogP contribution in [-0.2, 0) is 9.47 Å². The molecule has 0 aromatic heterocycles. The third-order valence-corrected chi connectivity index (χ3v) is 3.99. The van der Waals surface area contributed by atoms with E-state index < -0.39 is 6.16 Å². The van der Waals surface area contributed by atoms with Crippen LogP contribution in [0.25, 0.3) is 0 Å². The third-order valence-electron chi connectivity index (χ3n) is 3.99. The van der Waals surface area contributed by atoms with Crippen molar-refractivity contribution < 1.29 is 19.0 Å². The van der Waals surface area contributed by atoms with E-state index in [9.17, 15) is 4.79 Å². The lowest BCUT2D eigenvalue weighted by atomic mass is 9.94. The summed E-state index contributed by atoms with van der Waals surface area (Å²) in [6.07, 6.45) is -0.925. The van der Waals surface area contributed by atoms with Gasteiger partial charge in [0.15, 0.2) is 6.10 Å². The number of benzene rings is 1. The summed E-state index contributed by atoms with van der Waals surface area (Å²) in [4.78, 5) is 10.9. The maximum Gasteiger partial charge on any atom is 0.508 e. The summed E-state index contributed by atoms with van der Waals surface area (Å²) >= 11 is 0. The van der Waals surface area contributed by atoms with Crippen LogP contribution in [0.3, 0.4) is 0 Å². The summed E-state index contributed by atoms with van der Waals surface area (Å²) in [5.74, 6) is 0.892. The molecule has 1 aromatic carbocycles. The number of carbonyl (C=O) groups is 1. The van der Waals surface area contributed by atoms with Gasteiger partial charge in [-0.05, 0) is 62.4 Å². The molecule has 1 aromatic rings. The summed E-state index contributed by atoms with van der Waals surface area (Å²) in [6, 6.07) is 0. The van der Waals surface area contributed by atoms with Crippen LogP contribution in [0.15, 0.2) is 0 Å². The van der Waals surface area contributed by atoms with E-state index in [1.54, 1.807) is 0 Å². The van der Waals surface area contributed by atoms with Crippen molar-refractivity contribution in [3.05, 3.63) is 27.8 Å². The van der Waals surface area contributed by atoms with Gasteiger partial charge < -0.3 is 14.2 Å². The minimum Gasteiger partial charge on any atom is -0.489 e.